The van der Waals surface area contributed by atoms with Gasteiger partial charge >= 0.3 is 0 Å². The molecule has 1 aromatic heterocycles. The number of thioether (sulfide) groups is 1. The van der Waals surface area contributed by atoms with E-state index in [0.29, 0.717) is 44.9 Å². The first-order valence-corrected chi connectivity index (χ1v) is 13.5. The molecule has 4 rings (SSSR count). The fourth-order valence-corrected chi connectivity index (χ4v) is 5.29. The van der Waals surface area contributed by atoms with Gasteiger partial charge in [0.2, 0.25) is 5.91 Å². The molecule has 2 amide bonds. The minimum absolute atomic E-state index is 0.0778. The largest absolute Gasteiger partial charge is 0.497 e. The summed E-state index contributed by atoms with van der Waals surface area (Å²) in [6.45, 7) is 3.35. The van der Waals surface area contributed by atoms with Gasteiger partial charge in [-0.15, -0.1) is 0 Å². The van der Waals surface area contributed by atoms with Crippen LogP contribution in [-0.2, 0) is 9.59 Å². The molecule has 0 spiro atoms. The third kappa shape index (κ3) is 6.39. The molecule has 2 heterocycles. The van der Waals surface area contributed by atoms with E-state index in [2.05, 4.69) is 22.0 Å². The lowest BCUT2D eigenvalue weighted by Crippen LogP contribution is -2.31. The lowest BCUT2D eigenvalue weighted by atomic mass is 9.85. The molecule has 3 aromatic rings. The van der Waals surface area contributed by atoms with Crippen molar-refractivity contribution in [2.24, 2.45) is 0 Å². The molecule has 0 aliphatic carbocycles. The minimum atomic E-state index is -0.856. The van der Waals surface area contributed by atoms with Crippen LogP contribution in [0.1, 0.15) is 24.2 Å². The number of anilines is 2. The Bertz CT molecular complexity index is 1640. The molecular weight excluding hydrogens is 562 g/mol. The summed E-state index contributed by atoms with van der Waals surface area (Å²) in [5.74, 6) is -0.499. The van der Waals surface area contributed by atoms with Crippen molar-refractivity contribution in [2.75, 3.05) is 30.6 Å². The van der Waals surface area contributed by atoms with Gasteiger partial charge in [0.1, 0.15) is 17.3 Å². The van der Waals surface area contributed by atoms with E-state index in [9.17, 15) is 25.0 Å². The number of dihydropyridines is 1. The number of non-ortho nitro benzene ring substituents is 1. The van der Waals surface area contributed by atoms with E-state index in [1.165, 1.54) is 38.7 Å². The van der Waals surface area contributed by atoms with E-state index >= 15 is 0 Å². The van der Waals surface area contributed by atoms with Gasteiger partial charge in [0.15, 0.2) is 0 Å². The van der Waals surface area contributed by atoms with Gasteiger partial charge in [0.05, 0.1) is 65.0 Å². The number of rotatable bonds is 10. The minimum Gasteiger partial charge on any atom is -0.497 e. The first-order valence-electron chi connectivity index (χ1n) is 12.5. The summed E-state index contributed by atoms with van der Waals surface area (Å²) in [7, 11) is 2.99. The van der Waals surface area contributed by atoms with Crippen molar-refractivity contribution in [2.45, 2.75) is 19.8 Å². The van der Waals surface area contributed by atoms with Crippen molar-refractivity contribution < 1.29 is 28.4 Å². The SMILES string of the molecule is COc1ccc(OC)c(NC(=O)C2=C(C)NC(SCC(=O)Nc3ccc([N+](=O)[O-])cc3C)=C(C#N)C2c2ccco2)c1. The van der Waals surface area contributed by atoms with Gasteiger partial charge < -0.3 is 29.8 Å². The Hall–Kier alpha value is -5.22. The number of furan rings is 1. The fourth-order valence-electron chi connectivity index (χ4n) is 4.39. The summed E-state index contributed by atoms with van der Waals surface area (Å²) in [6, 6.07) is 14.7. The number of aryl methyl sites for hydroxylation is 1. The lowest BCUT2D eigenvalue weighted by molar-refractivity contribution is -0.384. The van der Waals surface area contributed by atoms with Gasteiger partial charge in [0, 0.05) is 29.6 Å². The number of nitro benzene ring substituents is 1. The molecule has 1 aliphatic rings. The predicted molar refractivity (Wildman–Crippen MR) is 157 cm³/mol. The van der Waals surface area contributed by atoms with E-state index in [4.69, 9.17) is 13.9 Å². The number of hydrogen-bond donors (Lipinski definition) is 3. The Labute approximate surface area is 245 Å². The molecule has 13 heteroatoms. The van der Waals surface area contributed by atoms with Crippen LogP contribution in [0.15, 0.2) is 81.1 Å². The van der Waals surface area contributed by atoms with Crippen molar-refractivity contribution in [1.82, 2.24) is 5.32 Å². The van der Waals surface area contributed by atoms with Gasteiger partial charge in [0.25, 0.3) is 11.6 Å². The first kappa shape index (κ1) is 29.8. The summed E-state index contributed by atoms with van der Waals surface area (Å²) in [4.78, 5) is 37.0. The number of nitrogens with zero attached hydrogens (tertiary/aromatic N) is 2. The molecule has 1 aliphatic heterocycles. The second-order valence-corrected chi connectivity index (χ2v) is 10.1. The average molecular weight is 590 g/mol. The van der Waals surface area contributed by atoms with Crippen LogP contribution in [0.3, 0.4) is 0 Å². The molecule has 0 saturated heterocycles. The number of nitro groups is 1. The number of benzene rings is 2. The van der Waals surface area contributed by atoms with E-state index in [1.54, 1.807) is 44.2 Å². The van der Waals surface area contributed by atoms with Crippen molar-refractivity contribution >= 4 is 40.6 Å². The van der Waals surface area contributed by atoms with Crippen molar-refractivity contribution in [1.29, 1.82) is 5.26 Å². The van der Waals surface area contributed by atoms with Gasteiger partial charge in [-0.05, 0) is 49.7 Å². The van der Waals surface area contributed by atoms with Crippen LogP contribution in [0, 0.1) is 28.4 Å². The number of hydrogen-bond acceptors (Lipinski definition) is 10. The molecule has 1 unspecified atom stereocenters. The molecule has 0 bridgehead atoms. The Morgan fingerprint density at radius 3 is 2.52 bits per heavy atom. The number of methoxy groups -OCH3 is 2. The molecule has 0 radical (unpaired) electrons. The number of carbonyl (C=O) groups is 2. The van der Waals surface area contributed by atoms with E-state index in [0.717, 1.165) is 11.8 Å². The highest BCUT2D eigenvalue weighted by atomic mass is 32.2. The molecule has 1 atom stereocenters. The zero-order chi connectivity index (χ0) is 30.4. The number of carbonyl (C=O) groups excluding carboxylic acids is 2. The van der Waals surface area contributed by atoms with Crippen LogP contribution < -0.4 is 25.4 Å². The topological polar surface area (TPSA) is 169 Å². The predicted octanol–water partition coefficient (Wildman–Crippen LogP) is 5.22. The monoisotopic (exact) mass is 589 g/mol. The summed E-state index contributed by atoms with van der Waals surface area (Å²) in [5.41, 5.74) is 2.18. The maximum absolute atomic E-state index is 13.7. The lowest BCUT2D eigenvalue weighted by Gasteiger charge is -2.28. The second kappa shape index (κ2) is 13.0. The normalized spacial score (nSPS) is 14.5. The first-order chi connectivity index (χ1) is 20.2. The maximum Gasteiger partial charge on any atom is 0.269 e. The van der Waals surface area contributed by atoms with E-state index in [-0.39, 0.29) is 28.5 Å². The average Bonchev–Trinajstić information content (AvgIpc) is 3.51. The van der Waals surface area contributed by atoms with Gasteiger partial charge in [-0.25, -0.2) is 0 Å². The summed E-state index contributed by atoms with van der Waals surface area (Å²) < 4.78 is 16.3. The number of allylic oxidation sites excluding steroid dienone is 2. The number of nitrogens with one attached hydrogen (secondary N) is 3. The third-order valence-corrected chi connectivity index (χ3v) is 7.43. The van der Waals surface area contributed by atoms with Crippen LogP contribution in [0.2, 0.25) is 0 Å². The van der Waals surface area contributed by atoms with Gasteiger partial charge in [-0.3, -0.25) is 19.7 Å². The third-order valence-electron chi connectivity index (χ3n) is 6.42. The van der Waals surface area contributed by atoms with Gasteiger partial charge in [-0.1, -0.05) is 11.8 Å². The molecule has 0 saturated carbocycles. The smallest absolute Gasteiger partial charge is 0.269 e. The Morgan fingerprint density at radius 1 is 1.12 bits per heavy atom. The second-order valence-electron chi connectivity index (χ2n) is 9.08. The van der Waals surface area contributed by atoms with E-state index < -0.39 is 16.7 Å². The Balaban J connectivity index is 1.59. The quantitative estimate of drug-likeness (QED) is 0.210. The van der Waals surface area contributed by atoms with Crippen molar-refractivity contribution in [3.8, 4) is 17.6 Å². The van der Waals surface area contributed by atoms with Crippen LogP contribution in [0.25, 0.3) is 0 Å². The van der Waals surface area contributed by atoms with Crippen LogP contribution in [0.5, 0.6) is 11.5 Å². The Morgan fingerprint density at radius 2 is 1.90 bits per heavy atom. The number of amides is 2. The van der Waals surface area contributed by atoms with Crippen molar-refractivity contribution in [3.05, 3.63) is 98.1 Å². The maximum atomic E-state index is 13.7. The summed E-state index contributed by atoms with van der Waals surface area (Å²) >= 11 is 1.09. The molecule has 216 valence electrons. The highest BCUT2D eigenvalue weighted by Crippen LogP contribution is 2.41. The highest BCUT2D eigenvalue weighted by molar-refractivity contribution is 8.03. The number of nitriles is 1. The summed E-state index contributed by atoms with van der Waals surface area (Å²) in [5, 5.41) is 30.3. The Kier molecular flexibility index (Phi) is 9.18. The molecular formula is C29H27N5O7S. The van der Waals surface area contributed by atoms with Crippen LogP contribution in [-0.4, -0.2) is 36.7 Å². The zero-order valence-electron chi connectivity index (χ0n) is 23.1. The molecule has 12 nitrogen and oxygen atoms in total. The zero-order valence-corrected chi connectivity index (χ0v) is 24.0. The van der Waals surface area contributed by atoms with E-state index in [1.807, 2.05) is 0 Å². The van der Waals surface area contributed by atoms with Gasteiger partial charge in [-0.2, -0.15) is 5.26 Å². The number of ether oxygens (including phenoxy) is 2. The molecule has 0 fully saturated rings. The van der Waals surface area contributed by atoms with Crippen LogP contribution >= 0.6 is 11.8 Å². The standard InChI is InChI=1S/C29H27N5O7S/c1-16-12-18(34(37)38)7-9-21(16)32-25(35)15-42-29-20(14-30)27(24-6-5-11-41-24)26(17(2)31-29)28(36)33-22-13-19(39-3)8-10-23(22)40-4/h5-13,27,31H,15H2,1-4H3,(H,32,35)(H,33,36). The van der Waals surface area contributed by atoms with Crippen LogP contribution in [0.4, 0.5) is 17.1 Å². The highest BCUT2D eigenvalue weighted by Gasteiger charge is 2.37. The molecule has 3 N–H and O–H groups in total. The summed E-state index contributed by atoms with van der Waals surface area (Å²) in [6.07, 6.45) is 1.45. The molecule has 2 aromatic carbocycles. The molecule has 42 heavy (non-hydrogen) atoms. The van der Waals surface area contributed by atoms with Crippen molar-refractivity contribution in [3.63, 3.8) is 0 Å². The fraction of sp³-hybridized carbons (Fsp3) is 0.207.